The maximum Gasteiger partial charge on any atom is 0.323 e. The van der Waals surface area contributed by atoms with Crippen molar-refractivity contribution >= 4 is 34.4 Å². The molecule has 10 nitrogen and oxygen atoms in total. The summed E-state index contributed by atoms with van der Waals surface area (Å²) in [6, 6.07) is 10.5. The summed E-state index contributed by atoms with van der Waals surface area (Å²) >= 11 is 0. The summed E-state index contributed by atoms with van der Waals surface area (Å²) in [5.41, 5.74) is 2.14. The average Bonchev–Trinajstić information content (AvgIpc) is 3.37. The van der Waals surface area contributed by atoms with Gasteiger partial charge < -0.3 is 16.0 Å². The molecule has 2 amide bonds. The predicted octanol–water partition coefficient (Wildman–Crippen LogP) is 6.45. The van der Waals surface area contributed by atoms with Crippen LogP contribution in [0.5, 0.6) is 0 Å². The molecule has 0 aliphatic rings. The van der Waals surface area contributed by atoms with Crippen LogP contribution in [0.1, 0.15) is 39.8 Å². The van der Waals surface area contributed by atoms with Crippen LogP contribution in [0.15, 0.2) is 65.7 Å². The van der Waals surface area contributed by atoms with Crippen molar-refractivity contribution in [1.29, 1.82) is 0 Å². The molecule has 0 bridgehead atoms. The maximum atomic E-state index is 14.9. The smallest absolute Gasteiger partial charge is 0.323 e. The first-order chi connectivity index (χ1) is 20.0. The zero-order valence-corrected chi connectivity index (χ0v) is 23.7. The number of urea groups is 1. The maximum absolute atomic E-state index is 14.9. The first-order valence-corrected chi connectivity index (χ1v) is 13.4. The van der Waals surface area contributed by atoms with E-state index in [1.165, 1.54) is 30.3 Å². The highest BCUT2D eigenvalue weighted by Gasteiger charge is 2.19. The summed E-state index contributed by atoms with van der Waals surface area (Å²) in [5, 5.41) is 13.3. The van der Waals surface area contributed by atoms with E-state index in [1.807, 2.05) is 27.7 Å². The minimum atomic E-state index is -0.719. The van der Waals surface area contributed by atoms with Crippen LogP contribution in [0.3, 0.4) is 0 Å². The number of carbonyl (C=O) groups is 1. The summed E-state index contributed by atoms with van der Waals surface area (Å²) in [7, 11) is 1.69. The molecule has 2 aromatic carbocycles. The van der Waals surface area contributed by atoms with E-state index in [0.717, 1.165) is 0 Å². The van der Waals surface area contributed by atoms with Gasteiger partial charge in [-0.3, -0.25) is 14.0 Å². The number of aromatic nitrogens is 5. The van der Waals surface area contributed by atoms with Gasteiger partial charge in [-0.2, -0.15) is 10.1 Å². The number of hydrogen-bond donors (Lipinski definition) is 3. The highest BCUT2D eigenvalue weighted by molar-refractivity contribution is 6.02. The highest BCUT2D eigenvalue weighted by Crippen LogP contribution is 2.30. The molecule has 0 saturated heterocycles. The SMILES string of the molecule is CNc1ncc2cc(-c3ccc(F)c(NC(=O)Nc4cn(C(C)C)nc4-c4ccc(F)cc4)c3)c(=O)n(C(C)C)c2n1. The second-order valence-electron chi connectivity index (χ2n) is 10.3. The molecule has 3 heterocycles. The van der Waals surface area contributed by atoms with E-state index in [2.05, 4.69) is 31.0 Å². The van der Waals surface area contributed by atoms with Gasteiger partial charge >= 0.3 is 6.03 Å². The molecule has 3 aromatic heterocycles. The third-order valence-corrected chi connectivity index (χ3v) is 6.67. The Hall–Kier alpha value is -5.13. The molecule has 0 aliphatic heterocycles. The molecule has 0 fully saturated rings. The van der Waals surface area contributed by atoms with E-state index in [1.54, 1.807) is 46.9 Å². The summed E-state index contributed by atoms with van der Waals surface area (Å²) in [4.78, 5) is 35.4. The van der Waals surface area contributed by atoms with Crippen LogP contribution >= 0.6 is 0 Å². The number of anilines is 3. The Bertz CT molecular complexity index is 1850. The van der Waals surface area contributed by atoms with Crippen LogP contribution in [0.2, 0.25) is 0 Å². The quantitative estimate of drug-likeness (QED) is 0.206. The highest BCUT2D eigenvalue weighted by atomic mass is 19.1. The van der Waals surface area contributed by atoms with Gasteiger partial charge in [0.05, 0.1) is 11.4 Å². The van der Waals surface area contributed by atoms with Crippen molar-refractivity contribution in [1.82, 2.24) is 24.3 Å². The monoisotopic (exact) mass is 572 g/mol. The molecule has 0 spiro atoms. The molecular formula is C30H30F2N8O2. The lowest BCUT2D eigenvalue weighted by Gasteiger charge is -2.16. The summed E-state index contributed by atoms with van der Waals surface area (Å²) in [6.45, 7) is 7.60. The van der Waals surface area contributed by atoms with Gasteiger partial charge in [-0.25, -0.2) is 18.6 Å². The number of benzene rings is 2. The normalized spacial score (nSPS) is 11.4. The number of pyridine rings is 1. The molecule has 0 saturated carbocycles. The van der Waals surface area contributed by atoms with Gasteiger partial charge in [-0.1, -0.05) is 6.07 Å². The molecule has 42 heavy (non-hydrogen) atoms. The summed E-state index contributed by atoms with van der Waals surface area (Å²) in [5.74, 6) is -0.700. The average molecular weight is 573 g/mol. The van der Waals surface area contributed by atoms with E-state index in [0.29, 0.717) is 45.1 Å². The number of fused-ring (bicyclic) bond motifs is 1. The van der Waals surface area contributed by atoms with Gasteiger partial charge in [0.1, 0.15) is 23.0 Å². The molecule has 12 heteroatoms. The van der Waals surface area contributed by atoms with E-state index >= 15 is 0 Å². The number of halogens is 2. The zero-order chi connectivity index (χ0) is 30.1. The lowest BCUT2D eigenvalue weighted by atomic mass is 10.0. The fourth-order valence-corrected chi connectivity index (χ4v) is 4.56. The lowest BCUT2D eigenvalue weighted by Crippen LogP contribution is -2.25. The van der Waals surface area contributed by atoms with Gasteiger partial charge in [-0.05, 0) is 75.7 Å². The van der Waals surface area contributed by atoms with Crippen LogP contribution in [-0.2, 0) is 0 Å². The van der Waals surface area contributed by atoms with Crippen molar-refractivity contribution in [3.05, 3.63) is 82.9 Å². The van der Waals surface area contributed by atoms with E-state index in [9.17, 15) is 18.4 Å². The van der Waals surface area contributed by atoms with E-state index < -0.39 is 17.7 Å². The van der Waals surface area contributed by atoms with Crippen molar-refractivity contribution in [3.8, 4) is 22.4 Å². The van der Waals surface area contributed by atoms with Gasteiger partial charge in [0.25, 0.3) is 5.56 Å². The molecular weight excluding hydrogens is 542 g/mol. The Morgan fingerprint density at radius 1 is 0.905 bits per heavy atom. The van der Waals surface area contributed by atoms with E-state index in [4.69, 9.17) is 0 Å². The third-order valence-electron chi connectivity index (χ3n) is 6.67. The molecule has 0 atom stereocenters. The molecule has 0 unspecified atom stereocenters. The number of amides is 2. The Kier molecular flexibility index (Phi) is 7.70. The molecule has 216 valence electrons. The zero-order valence-electron chi connectivity index (χ0n) is 23.7. The summed E-state index contributed by atoms with van der Waals surface area (Å²) in [6.07, 6.45) is 3.27. The van der Waals surface area contributed by atoms with Gasteiger partial charge in [-0.15, -0.1) is 0 Å². The van der Waals surface area contributed by atoms with Crippen LogP contribution < -0.4 is 21.5 Å². The number of nitrogens with zero attached hydrogens (tertiary/aromatic N) is 5. The fraction of sp³-hybridized carbons (Fsp3) is 0.233. The first kappa shape index (κ1) is 28.4. The van der Waals surface area contributed by atoms with Crippen molar-refractivity contribution in [2.45, 2.75) is 39.8 Å². The van der Waals surface area contributed by atoms with Crippen LogP contribution in [0.25, 0.3) is 33.4 Å². The van der Waals surface area contributed by atoms with E-state index in [-0.39, 0.29) is 23.3 Å². The summed E-state index contributed by atoms with van der Waals surface area (Å²) < 4.78 is 31.6. The Labute approximate surface area is 240 Å². The number of hydrogen-bond acceptors (Lipinski definition) is 6. The van der Waals surface area contributed by atoms with Crippen molar-refractivity contribution in [2.75, 3.05) is 23.0 Å². The number of carbonyl (C=O) groups excluding carboxylic acids is 1. The minimum absolute atomic E-state index is 0.0102. The third kappa shape index (κ3) is 5.55. The van der Waals surface area contributed by atoms with Gasteiger partial charge in [0.2, 0.25) is 5.95 Å². The predicted molar refractivity (Wildman–Crippen MR) is 160 cm³/mol. The Morgan fingerprint density at radius 2 is 1.60 bits per heavy atom. The van der Waals surface area contributed by atoms with Crippen molar-refractivity contribution in [2.24, 2.45) is 0 Å². The largest absolute Gasteiger partial charge is 0.357 e. The number of rotatable bonds is 7. The molecule has 0 aliphatic carbocycles. The molecule has 3 N–H and O–H groups in total. The second-order valence-corrected chi connectivity index (χ2v) is 10.3. The van der Waals surface area contributed by atoms with Crippen molar-refractivity contribution < 1.29 is 13.6 Å². The standard InChI is InChI=1S/C30H30F2N8O2/c1-16(2)39-15-25(26(38-39)18-6-9-21(31)10-7-18)36-30(42)35-24-13-19(8-11-23(24)32)22-12-20-14-34-29(33-5)37-27(20)40(17(3)4)28(22)41/h6-17H,1-5H3,(H,33,34,37)(H2,35,36,42). The van der Waals surface area contributed by atoms with Crippen LogP contribution in [-0.4, -0.2) is 37.4 Å². The lowest BCUT2D eigenvalue weighted by molar-refractivity contribution is 0.262. The topological polar surface area (TPSA) is 119 Å². The Balaban J connectivity index is 1.48. The first-order valence-electron chi connectivity index (χ1n) is 13.4. The molecule has 5 rings (SSSR count). The van der Waals surface area contributed by atoms with Gasteiger partial charge in [0, 0.05) is 48.0 Å². The number of nitrogens with one attached hydrogen (secondary N) is 3. The molecule has 0 radical (unpaired) electrons. The molecule has 5 aromatic rings. The van der Waals surface area contributed by atoms with Crippen LogP contribution in [0.4, 0.5) is 30.9 Å². The fourth-order valence-electron chi connectivity index (χ4n) is 4.56. The second kappa shape index (κ2) is 11.4. The minimum Gasteiger partial charge on any atom is -0.357 e. The Morgan fingerprint density at radius 3 is 2.26 bits per heavy atom. The van der Waals surface area contributed by atoms with Gasteiger partial charge in [0.15, 0.2) is 0 Å². The van der Waals surface area contributed by atoms with Crippen molar-refractivity contribution in [3.63, 3.8) is 0 Å². The van der Waals surface area contributed by atoms with Crippen LogP contribution in [0, 0.1) is 11.6 Å².